The first-order chi connectivity index (χ1) is 34.7. The molecule has 5 N–H and O–H groups in total. The molecule has 0 radical (unpaired) electrons. The van der Waals surface area contributed by atoms with E-state index in [1.54, 1.807) is 22.7 Å². The van der Waals surface area contributed by atoms with Crippen LogP contribution in [0.1, 0.15) is 64.0 Å². The number of hydrogen-bond acceptors (Lipinski definition) is 8. The maximum atomic E-state index is 4.69. The fraction of sp³-hybridized carbons (Fsp3) is 0.224. The van der Waals surface area contributed by atoms with Crippen molar-refractivity contribution >= 4 is 61.1 Å². The highest BCUT2D eigenvalue weighted by molar-refractivity contribution is 7.15. The summed E-state index contributed by atoms with van der Waals surface area (Å²) in [5, 5.41) is 22.5. The lowest BCUT2D eigenvalue weighted by atomic mass is 9.91. The quantitative estimate of drug-likeness (QED) is 0.0863. The molecule has 12 rings (SSSR count). The van der Waals surface area contributed by atoms with E-state index < -0.39 is 0 Å². The van der Waals surface area contributed by atoms with Crippen molar-refractivity contribution in [2.75, 3.05) is 13.1 Å². The maximum absolute atomic E-state index is 4.69. The number of H-pyrrole nitrogens is 4. The van der Waals surface area contributed by atoms with Crippen LogP contribution in [0, 0.1) is 33.6 Å². The molecular weight excluding hydrogens is 915 g/mol. The largest absolute Gasteiger partial charge is 0.357 e. The number of rotatable bonds is 10. The summed E-state index contributed by atoms with van der Waals surface area (Å²) in [6.45, 7) is 18.6. The molecule has 0 spiro atoms. The van der Waals surface area contributed by atoms with E-state index in [2.05, 4.69) is 168 Å². The highest BCUT2D eigenvalue weighted by Crippen LogP contribution is 2.39. The standard InChI is InChI=1S/C30H28N6S.C26H25N5S.C2H6/c1-18-2-5-28(37-18)23-8-11-33-30-24(23)15-27(34-30)29-25-14-21(3-4-26(25)35-36-29)22-13-20(16-32-17-22)12-19-6-9-31-10-7-19;1-6-7-19(25-11-8-15(2)32-25)20-13-23(28-16(20)3)26-21-12-18(9-10-22(21)29-30-26)24-14-27-17(4)31(24)5;1-2/h2-5,8,11,13-17,19,31H,6-7,9-10,12H2,1H3,(H,33,34)(H,35,36);6-14,28H,1H2,2-5H3,(H,29,30);1-2H3/b;19-7+;. The van der Waals surface area contributed by atoms with Crippen molar-refractivity contribution < 1.29 is 0 Å². The maximum Gasteiger partial charge on any atom is 0.138 e. The smallest absolute Gasteiger partial charge is 0.138 e. The lowest BCUT2D eigenvalue weighted by Crippen LogP contribution is -2.28. The average molecular weight is 974 g/mol. The third kappa shape index (κ3) is 9.60. The monoisotopic (exact) mass is 973 g/mol. The SMILES string of the molecule is C=C/C=C(/c1ccc(C)s1)c1cc(-c2n[nH]c3ccc(-c4cnc(C)n4C)cc23)[nH]c1C.CC.Cc1ccc(-c2ccnc3[nH]c(-c4n[nH]c5ccc(-c6cncc(CC7CCNCC7)c6)cc45)cc23)s1. The summed E-state index contributed by atoms with van der Waals surface area (Å²) in [4.78, 5) is 25.8. The number of pyridine rings is 2. The summed E-state index contributed by atoms with van der Waals surface area (Å²) in [5.41, 5.74) is 17.1. The van der Waals surface area contributed by atoms with Gasteiger partial charge in [-0.1, -0.05) is 44.7 Å². The van der Waals surface area contributed by atoms with Gasteiger partial charge in [0.15, 0.2) is 0 Å². The number of aryl methyl sites for hydroxylation is 4. The Balaban J connectivity index is 0.000000160. The zero-order valence-electron chi connectivity index (χ0n) is 41.4. The van der Waals surface area contributed by atoms with Gasteiger partial charge in [0.1, 0.15) is 22.9 Å². The molecule has 1 fully saturated rings. The molecular formula is C58H59N11S2. The number of piperidine rings is 1. The van der Waals surface area contributed by atoms with Crippen molar-refractivity contribution in [2.24, 2.45) is 13.0 Å². The van der Waals surface area contributed by atoms with Crippen molar-refractivity contribution in [3.8, 4) is 55.6 Å². The molecule has 358 valence electrons. The Kier molecular flexibility index (Phi) is 13.6. The molecule has 0 aliphatic carbocycles. The molecule has 1 aliphatic rings. The summed E-state index contributed by atoms with van der Waals surface area (Å²) < 4.78 is 2.10. The second-order valence-corrected chi connectivity index (χ2v) is 20.6. The molecule has 10 heterocycles. The number of aromatic nitrogens is 10. The van der Waals surface area contributed by atoms with Crippen LogP contribution >= 0.6 is 22.7 Å². The molecule has 71 heavy (non-hydrogen) atoms. The number of nitrogens with one attached hydrogen (secondary N) is 5. The number of aromatic amines is 4. The summed E-state index contributed by atoms with van der Waals surface area (Å²) >= 11 is 3.60. The Morgan fingerprint density at radius 3 is 2.10 bits per heavy atom. The van der Waals surface area contributed by atoms with Gasteiger partial charge in [-0.3, -0.25) is 15.2 Å². The van der Waals surface area contributed by atoms with Crippen LogP contribution in [0.25, 0.3) is 94.0 Å². The Bertz CT molecular complexity index is 3690. The van der Waals surface area contributed by atoms with Crippen molar-refractivity contribution in [1.82, 2.24) is 55.2 Å². The van der Waals surface area contributed by atoms with Gasteiger partial charge < -0.3 is 19.9 Å². The number of imidazole rings is 1. The van der Waals surface area contributed by atoms with Crippen LogP contribution in [-0.4, -0.2) is 63.0 Å². The molecule has 9 aromatic heterocycles. The second-order valence-electron chi connectivity index (χ2n) is 18.1. The number of fused-ring (bicyclic) bond motifs is 3. The average Bonchev–Trinajstić information content (AvgIpc) is 4.28. The first kappa shape index (κ1) is 47.2. The predicted octanol–water partition coefficient (Wildman–Crippen LogP) is 14.3. The van der Waals surface area contributed by atoms with Gasteiger partial charge in [-0.15, -0.1) is 22.7 Å². The molecule has 0 bridgehead atoms. The van der Waals surface area contributed by atoms with E-state index in [-0.39, 0.29) is 0 Å². The number of nitrogens with zero attached hydrogens (tertiary/aromatic N) is 6. The molecule has 13 heteroatoms. The Morgan fingerprint density at radius 1 is 0.718 bits per heavy atom. The Morgan fingerprint density at radius 2 is 1.42 bits per heavy atom. The van der Waals surface area contributed by atoms with Crippen LogP contribution in [0.15, 0.2) is 128 Å². The zero-order chi connectivity index (χ0) is 49.2. The Labute approximate surface area is 422 Å². The van der Waals surface area contributed by atoms with E-state index in [0.29, 0.717) is 0 Å². The molecule has 11 nitrogen and oxygen atoms in total. The van der Waals surface area contributed by atoms with Gasteiger partial charge in [-0.2, -0.15) is 10.2 Å². The van der Waals surface area contributed by atoms with E-state index >= 15 is 0 Å². The Hall–Kier alpha value is -7.45. The highest BCUT2D eigenvalue weighted by Gasteiger charge is 2.20. The van der Waals surface area contributed by atoms with Crippen LogP contribution in [0.2, 0.25) is 0 Å². The molecule has 0 saturated carbocycles. The summed E-state index contributed by atoms with van der Waals surface area (Å²) in [6, 6.07) is 30.3. The molecule has 11 aromatic rings. The third-order valence-corrected chi connectivity index (χ3v) is 15.5. The topological polar surface area (TPSA) is 145 Å². The van der Waals surface area contributed by atoms with Crippen molar-refractivity contribution in [2.45, 2.75) is 60.8 Å². The second kappa shape index (κ2) is 20.5. The molecule has 0 amide bonds. The van der Waals surface area contributed by atoms with Crippen molar-refractivity contribution in [1.29, 1.82) is 0 Å². The van der Waals surface area contributed by atoms with Gasteiger partial charge in [0.2, 0.25) is 0 Å². The van der Waals surface area contributed by atoms with Gasteiger partial charge in [0.25, 0.3) is 0 Å². The van der Waals surface area contributed by atoms with Gasteiger partial charge in [0.05, 0.1) is 34.3 Å². The number of benzene rings is 2. The number of hydrogen-bond donors (Lipinski definition) is 5. The minimum absolute atomic E-state index is 0.736. The fourth-order valence-corrected chi connectivity index (χ4v) is 11.5. The van der Waals surface area contributed by atoms with Crippen LogP contribution in [0.4, 0.5) is 0 Å². The molecule has 0 atom stereocenters. The van der Waals surface area contributed by atoms with E-state index in [1.807, 2.05) is 58.7 Å². The van der Waals surface area contributed by atoms with Crippen molar-refractivity contribution in [3.05, 3.63) is 166 Å². The lowest BCUT2D eigenvalue weighted by Gasteiger charge is -2.22. The molecule has 1 aliphatic heterocycles. The van der Waals surface area contributed by atoms with Gasteiger partial charge in [-0.25, -0.2) is 9.97 Å². The normalized spacial score (nSPS) is 13.1. The van der Waals surface area contributed by atoms with Crippen LogP contribution in [-0.2, 0) is 13.5 Å². The summed E-state index contributed by atoms with van der Waals surface area (Å²) in [6.07, 6.45) is 15.3. The molecule has 0 unspecified atom stereocenters. The first-order valence-corrected chi connectivity index (χ1v) is 26.1. The van der Waals surface area contributed by atoms with E-state index in [9.17, 15) is 0 Å². The minimum Gasteiger partial charge on any atom is -0.357 e. The van der Waals surface area contributed by atoms with E-state index in [1.165, 1.54) is 49.1 Å². The van der Waals surface area contributed by atoms with Gasteiger partial charge >= 0.3 is 0 Å². The van der Waals surface area contributed by atoms with Crippen LogP contribution < -0.4 is 5.32 Å². The first-order valence-electron chi connectivity index (χ1n) is 24.4. The van der Waals surface area contributed by atoms with Gasteiger partial charge in [-0.05, 0) is 150 Å². The minimum atomic E-state index is 0.736. The number of thiophene rings is 2. The predicted molar refractivity (Wildman–Crippen MR) is 297 cm³/mol. The third-order valence-electron chi connectivity index (χ3n) is 13.4. The molecule has 2 aromatic carbocycles. The van der Waals surface area contributed by atoms with Gasteiger partial charge in [0, 0.05) is 94.8 Å². The van der Waals surface area contributed by atoms with Crippen LogP contribution in [0.3, 0.4) is 0 Å². The summed E-state index contributed by atoms with van der Waals surface area (Å²) in [7, 11) is 2.04. The van der Waals surface area contributed by atoms with Crippen LogP contribution in [0.5, 0.6) is 0 Å². The van der Waals surface area contributed by atoms with E-state index in [0.717, 1.165) is 121 Å². The zero-order valence-corrected chi connectivity index (χ0v) is 43.0. The number of allylic oxidation sites excluding steroid dienone is 2. The molecule has 1 saturated heterocycles. The highest BCUT2D eigenvalue weighted by atomic mass is 32.1. The van der Waals surface area contributed by atoms with Crippen molar-refractivity contribution in [3.63, 3.8) is 0 Å². The lowest BCUT2D eigenvalue weighted by molar-refractivity contribution is 0.372. The fourth-order valence-electron chi connectivity index (χ4n) is 9.64. The van der Waals surface area contributed by atoms with E-state index in [4.69, 9.17) is 5.10 Å². The summed E-state index contributed by atoms with van der Waals surface area (Å²) in [5.74, 6) is 1.72.